The van der Waals surface area contributed by atoms with E-state index in [1.54, 1.807) is 12.1 Å². The van der Waals surface area contributed by atoms with Gasteiger partial charge < -0.3 is 9.67 Å². The van der Waals surface area contributed by atoms with E-state index in [2.05, 4.69) is 4.57 Å². The van der Waals surface area contributed by atoms with Gasteiger partial charge in [-0.3, -0.25) is 10.1 Å². The highest BCUT2D eigenvalue weighted by molar-refractivity contribution is 5.51. The second kappa shape index (κ2) is 5.00. The molecule has 0 saturated carbocycles. The SMILES string of the molecule is Cc1cc([N+](=O)[O-])ccc1-n1c(C)cc2c1CCCC2O. The van der Waals surface area contributed by atoms with Crippen LogP contribution in [0.2, 0.25) is 0 Å². The summed E-state index contributed by atoms with van der Waals surface area (Å²) in [6.45, 7) is 3.89. The molecule has 21 heavy (non-hydrogen) atoms. The van der Waals surface area contributed by atoms with E-state index in [9.17, 15) is 15.2 Å². The maximum atomic E-state index is 10.9. The number of hydrogen-bond donors (Lipinski definition) is 1. The van der Waals surface area contributed by atoms with Gasteiger partial charge in [0, 0.05) is 34.8 Å². The Kier molecular flexibility index (Phi) is 3.29. The number of non-ortho nitro benzene ring substituents is 1. The predicted molar refractivity (Wildman–Crippen MR) is 79.8 cm³/mol. The number of hydrogen-bond acceptors (Lipinski definition) is 3. The number of nitrogens with zero attached hydrogens (tertiary/aromatic N) is 2. The third-order valence-corrected chi connectivity index (χ3v) is 4.20. The van der Waals surface area contributed by atoms with Crippen molar-refractivity contribution in [2.45, 2.75) is 39.2 Å². The van der Waals surface area contributed by atoms with Gasteiger partial charge in [-0.05, 0) is 50.8 Å². The van der Waals surface area contributed by atoms with Crippen molar-refractivity contribution in [1.29, 1.82) is 0 Å². The fourth-order valence-corrected chi connectivity index (χ4v) is 3.22. The molecule has 1 heterocycles. The van der Waals surface area contributed by atoms with Gasteiger partial charge in [0.2, 0.25) is 0 Å². The van der Waals surface area contributed by atoms with E-state index in [4.69, 9.17) is 0 Å². The highest BCUT2D eigenvalue weighted by Gasteiger charge is 2.24. The van der Waals surface area contributed by atoms with E-state index in [1.807, 2.05) is 19.9 Å². The number of fused-ring (bicyclic) bond motifs is 1. The second-order valence-electron chi connectivity index (χ2n) is 5.66. The molecule has 0 aliphatic heterocycles. The zero-order valence-corrected chi connectivity index (χ0v) is 12.2. The molecule has 0 amide bonds. The summed E-state index contributed by atoms with van der Waals surface area (Å²) in [5.41, 5.74) is 5.10. The molecular formula is C16H18N2O3. The van der Waals surface area contributed by atoms with Crippen LogP contribution in [0.1, 0.15) is 41.5 Å². The average Bonchev–Trinajstić information content (AvgIpc) is 2.77. The molecular weight excluding hydrogens is 268 g/mol. The quantitative estimate of drug-likeness (QED) is 0.679. The molecule has 1 aromatic carbocycles. The van der Waals surface area contributed by atoms with Gasteiger partial charge in [0.25, 0.3) is 5.69 Å². The lowest BCUT2D eigenvalue weighted by molar-refractivity contribution is -0.384. The molecule has 2 aromatic rings. The lowest BCUT2D eigenvalue weighted by Gasteiger charge is -2.21. The first kappa shape index (κ1) is 13.8. The van der Waals surface area contributed by atoms with Crippen LogP contribution in [0.4, 0.5) is 5.69 Å². The molecule has 0 spiro atoms. The van der Waals surface area contributed by atoms with Crippen molar-refractivity contribution in [2.75, 3.05) is 0 Å². The summed E-state index contributed by atoms with van der Waals surface area (Å²) in [6, 6.07) is 6.95. The number of aliphatic hydroxyl groups excluding tert-OH is 1. The standard InChI is InChI=1S/C16H18N2O3/c1-10-8-12(18(20)21)6-7-14(10)17-11(2)9-13-15(17)4-3-5-16(13)19/h6-9,16,19H,3-5H2,1-2H3. The number of aliphatic hydroxyl groups is 1. The zero-order valence-electron chi connectivity index (χ0n) is 12.2. The second-order valence-corrected chi connectivity index (χ2v) is 5.66. The van der Waals surface area contributed by atoms with E-state index in [0.29, 0.717) is 0 Å². The Hall–Kier alpha value is -2.14. The summed E-state index contributed by atoms with van der Waals surface area (Å²) in [6.07, 6.45) is 2.29. The first-order valence-corrected chi connectivity index (χ1v) is 7.13. The molecule has 1 unspecified atom stereocenters. The van der Waals surface area contributed by atoms with Crippen molar-refractivity contribution in [3.63, 3.8) is 0 Å². The minimum Gasteiger partial charge on any atom is -0.388 e. The van der Waals surface area contributed by atoms with E-state index in [1.165, 1.54) is 6.07 Å². The van der Waals surface area contributed by atoms with Crippen LogP contribution in [0, 0.1) is 24.0 Å². The van der Waals surface area contributed by atoms with Gasteiger partial charge in [0.1, 0.15) is 0 Å². The fraction of sp³-hybridized carbons (Fsp3) is 0.375. The Morgan fingerprint density at radius 3 is 2.76 bits per heavy atom. The third-order valence-electron chi connectivity index (χ3n) is 4.20. The van der Waals surface area contributed by atoms with E-state index in [0.717, 1.165) is 47.5 Å². The summed E-state index contributed by atoms with van der Waals surface area (Å²) >= 11 is 0. The largest absolute Gasteiger partial charge is 0.388 e. The summed E-state index contributed by atoms with van der Waals surface area (Å²) in [7, 11) is 0. The summed E-state index contributed by atoms with van der Waals surface area (Å²) in [5.74, 6) is 0. The molecule has 1 aliphatic carbocycles. The van der Waals surface area contributed by atoms with Crippen LogP contribution in [0.25, 0.3) is 5.69 Å². The van der Waals surface area contributed by atoms with Crippen molar-refractivity contribution in [3.05, 3.63) is 56.9 Å². The Bertz CT molecular complexity index is 719. The first-order chi connectivity index (χ1) is 9.99. The van der Waals surface area contributed by atoms with Crippen molar-refractivity contribution in [3.8, 4) is 5.69 Å². The van der Waals surface area contributed by atoms with Crippen molar-refractivity contribution in [2.24, 2.45) is 0 Å². The number of rotatable bonds is 2. The minimum atomic E-state index is -0.396. The maximum Gasteiger partial charge on any atom is 0.269 e. The van der Waals surface area contributed by atoms with E-state index < -0.39 is 6.10 Å². The van der Waals surface area contributed by atoms with Gasteiger partial charge in [-0.2, -0.15) is 0 Å². The predicted octanol–water partition coefficient (Wildman–Crippen LogP) is 3.37. The Balaban J connectivity index is 2.15. The van der Waals surface area contributed by atoms with Crippen LogP contribution in [-0.4, -0.2) is 14.6 Å². The molecule has 1 N–H and O–H groups in total. The lowest BCUT2D eigenvalue weighted by Crippen LogP contribution is -2.12. The van der Waals surface area contributed by atoms with Crippen molar-refractivity contribution >= 4 is 5.69 Å². The molecule has 110 valence electrons. The zero-order chi connectivity index (χ0) is 15.1. The highest BCUT2D eigenvalue weighted by atomic mass is 16.6. The van der Waals surface area contributed by atoms with Crippen LogP contribution in [0.5, 0.6) is 0 Å². The highest BCUT2D eigenvalue weighted by Crippen LogP contribution is 2.35. The molecule has 5 heteroatoms. The van der Waals surface area contributed by atoms with Crippen molar-refractivity contribution < 1.29 is 10.0 Å². The van der Waals surface area contributed by atoms with Crippen LogP contribution < -0.4 is 0 Å². The van der Waals surface area contributed by atoms with Crippen LogP contribution in [0.3, 0.4) is 0 Å². The maximum absolute atomic E-state index is 10.9. The summed E-state index contributed by atoms with van der Waals surface area (Å²) in [4.78, 5) is 10.5. The molecule has 0 bridgehead atoms. The number of nitro benzene ring substituents is 1. The number of aryl methyl sites for hydroxylation is 2. The molecule has 0 saturated heterocycles. The van der Waals surface area contributed by atoms with E-state index in [-0.39, 0.29) is 10.6 Å². The number of aromatic nitrogens is 1. The Labute approximate surface area is 123 Å². The Morgan fingerprint density at radius 1 is 1.33 bits per heavy atom. The summed E-state index contributed by atoms with van der Waals surface area (Å²) < 4.78 is 2.12. The Morgan fingerprint density at radius 2 is 2.10 bits per heavy atom. The molecule has 0 fully saturated rings. The molecule has 1 aliphatic rings. The first-order valence-electron chi connectivity index (χ1n) is 7.13. The van der Waals surface area contributed by atoms with Crippen LogP contribution in [-0.2, 0) is 6.42 Å². The molecule has 3 rings (SSSR count). The van der Waals surface area contributed by atoms with Crippen LogP contribution >= 0.6 is 0 Å². The monoisotopic (exact) mass is 286 g/mol. The van der Waals surface area contributed by atoms with Gasteiger partial charge in [0.05, 0.1) is 11.0 Å². The van der Waals surface area contributed by atoms with Gasteiger partial charge in [-0.25, -0.2) is 0 Å². The molecule has 0 radical (unpaired) electrons. The third kappa shape index (κ3) is 2.23. The fourth-order valence-electron chi connectivity index (χ4n) is 3.22. The van der Waals surface area contributed by atoms with Gasteiger partial charge in [-0.1, -0.05) is 0 Å². The van der Waals surface area contributed by atoms with Crippen molar-refractivity contribution in [1.82, 2.24) is 4.57 Å². The van der Waals surface area contributed by atoms with Gasteiger partial charge in [0.15, 0.2) is 0 Å². The molecule has 1 aromatic heterocycles. The molecule has 5 nitrogen and oxygen atoms in total. The number of benzene rings is 1. The minimum absolute atomic E-state index is 0.106. The van der Waals surface area contributed by atoms with Gasteiger partial charge in [-0.15, -0.1) is 0 Å². The molecule has 1 atom stereocenters. The van der Waals surface area contributed by atoms with E-state index >= 15 is 0 Å². The van der Waals surface area contributed by atoms with Gasteiger partial charge >= 0.3 is 0 Å². The summed E-state index contributed by atoms with van der Waals surface area (Å²) in [5, 5.41) is 21.0. The topological polar surface area (TPSA) is 68.3 Å². The van der Waals surface area contributed by atoms with Crippen LogP contribution in [0.15, 0.2) is 24.3 Å². The lowest BCUT2D eigenvalue weighted by atomic mass is 9.95. The smallest absolute Gasteiger partial charge is 0.269 e. The average molecular weight is 286 g/mol. The number of nitro groups is 1. The normalized spacial score (nSPS) is 17.6.